The quantitative estimate of drug-likeness (QED) is 0.587. The van der Waals surface area contributed by atoms with Crippen LogP contribution in [-0.4, -0.2) is 30.9 Å². The first-order valence-electron chi connectivity index (χ1n) is 6.74. The molecule has 0 radical (unpaired) electrons. The van der Waals surface area contributed by atoms with E-state index in [-0.39, 0.29) is 5.84 Å². The number of nitrogens with one attached hydrogen (secondary N) is 1. The van der Waals surface area contributed by atoms with Crippen LogP contribution in [0.25, 0.3) is 0 Å². The summed E-state index contributed by atoms with van der Waals surface area (Å²) in [4.78, 5) is 2.35. The Morgan fingerprint density at radius 3 is 2.47 bits per heavy atom. The van der Waals surface area contributed by atoms with Crippen LogP contribution in [0, 0.1) is 5.41 Å². The van der Waals surface area contributed by atoms with Crippen molar-refractivity contribution < 1.29 is 4.74 Å². The molecule has 3 N–H and O–H groups in total. The van der Waals surface area contributed by atoms with E-state index in [4.69, 9.17) is 15.9 Å². The maximum absolute atomic E-state index is 7.51. The maximum Gasteiger partial charge on any atom is 0.130 e. The molecule has 19 heavy (non-hydrogen) atoms. The van der Waals surface area contributed by atoms with Crippen LogP contribution in [0.3, 0.4) is 0 Å². The van der Waals surface area contributed by atoms with Crippen LogP contribution in [0.4, 0.5) is 0 Å². The molecule has 0 bridgehead atoms. The minimum Gasteiger partial charge on any atom is -0.496 e. The summed E-state index contributed by atoms with van der Waals surface area (Å²) in [5.74, 6) is 0.708. The molecule has 0 amide bonds. The summed E-state index contributed by atoms with van der Waals surface area (Å²) in [6, 6.07) is 6.43. The van der Waals surface area contributed by atoms with Crippen LogP contribution >= 0.6 is 0 Å². The molecule has 106 valence electrons. The van der Waals surface area contributed by atoms with Gasteiger partial charge in [-0.3, -0.25) is 10.3 Å². The second kappa shape index (κ2) is 7.14. The highest BCUT2D eigenvalue weighted by Gasteiger charge is 2.12. The van der Waals surface area contributed by atoms with Gasteiger partial charge in [0.05, 0.1) is 12.7 Å². The highest BCUT2D eigenvalue weighted by Crippen LogP contribution is 2.21. The number of amidine groups is 1. The van der Waals surface area contributed by atoms with Crippen LogP contribution < -0.4 is 10.5 Å². The zero-order valence-electron chi connectivity index (χ0n) is 12.4. The van der Waals surface area contributed by atoms with Crippen molar-refractivity contribution in [2.45, 2.75) is 39.3 Å². The van der Waals surface area contributed by atoms with E-state index in [9.17, 15) is 0 Å². The van der Waals surface area contributed by atoms with Gasteiger partial charge in [0, 0.05) is 12.6 Å². The average molecular weight is 263 g/mol. The molecule has 0 fully saturated rings. The number of hydrogen-bond donors (Lipinski definition) is 2. The van der Waals surface area contributed by atoms with E-state index in [0.29, 0.717) is 17.4 Å². The molecule has 4 nitrogen and oxygen atoms in total. The van der Waals surface area contributed by atoms with Crippen molar-refractivity contribution in [1.29, 1.82) is 5.41 Å². The van der Waals surface area contributed by atoms with Gasteiger partial charge in [0.15, 0.2) is 0 Å². The number of nitrogens with two attached hydrogens (primary N) is 1. The molecule has 0 saturated carbocycles. The first-order valence-corrected chi connectivity index (χ1v) is 6.74. The van der Waals surface area contributed by atoms with Crippen molar-refractivity contribution in [3.8, 4) is 5.75 Å². The van der Waals surface area contributed by atoms with Crippen molar-refractivity contribution >= 4 is 5.84 Å². The van der Waals surface area contributed by atoms with Crippen LogP contribution in [0.2, 0.25) is 0 Å². The first kappa shape index (κ1) is 15.5. The van der Waals surface area contributed by atoms with Crippen LogP contribution in [0.5, 0.6) is 5.75 Å². The number of rotatable bonds is 7. The van der Waals surface area contributed by atoms with Gasteiger partial charge in [0.1, 0.15) is 11.6 Å². The van der Waals surface area contributed by atoms with E-state index in [0.717, 1.165) is 19.4 Å². The smallest absolute Gasteiger partial charge is 0.130 e. The molecule has 0 saturated heterocycles. The van der Waals surface area contributed by atoms with E-state index in [1.54, 1.807) is 7.11 Å². The Hall–Kier alpha value is -1.55. The third-order valence-electron chi connectivity index (χ3n) is 3.55. The van der Waals surface area contributed by atoms with Crippen molar-refractivity contribution in [3.05, 3.63) is 29.3 Å². The van der Waals surface area contributed by atoms with Gasteiger partial charge >= 0.3 is 0 Å². The fourth-order valence-corrected chi connectivity index (χ4v) is 2.39. The Morgan fingerprint density at radius 1 is 1.37 bits per heavy atom. The zero-order valence-corrected chi connectivity index (χ0v) is 12.4. The van der Waals surface area contributed by atoms with E-state index < -0.39 is 0 Å². The van der Waals surface area contributed by atoms with Gasteiger partial charge in [-0.1, -0.05) is 19.9 Å². The number of ether oxygens (including phenoxy) is 1. The molecule has 0 aromatic heterocycles. The van der Waals surface area contributed by atoms with Crippen molar-refractivity contribution in [2.24, 2.45) is 5.73 Å². The first-order chi connectivity index (χ1) is 9.03. The Kier molecular flexibility index (Phi) is 5.83. The van der Waals surface area contributed by atoms with Gasteiger partial charge in [-0.05, 0) is 37.6 Å². The van der Waals surface area contributed by atoms with Gasteiger partial charge < -0.3 is 10.5 Å². The topological polar surface area (TPSA) is 62.3 Å². The van der Waals surface area contributed by atoms with Gasteiger partial charge in [-0.25, -0.2) is 0 Å². The highest BCUT2D eigenvalue weighted by molar-refractivity contribution is 5.97. The Morgan fingerprint density at radius 2 is 2.00 bits per heavy atom. The summed E-state index contributed by atoms with van der Waals surface area (Å²) in [6.07, 6.45) is 2.30. The molecule has 0 aliphatic heterocycles. The van der Waals surface area contributed by atoms with Crippen LogP contribution in [-0.2, 0) is 6.54 Å². The van der Waals surface area contributed by atoms with E-state index in [2.05, 4.69) is 25.8 Å². The van der Waals surface area contributed by atoms with Crippen molar-refractivity contribution in [2.75, 3.05) is 14.2 Å². The summed E-state index contributed by atoms with van der Waals surface area (Å²) in [5, 5.41) is 7.51. The summed E-state index contributed by atoms with van der Waals surface area (Å²) >= 11 is 0. The fourth-order valence-electron chi connectivity index (χ4n) is 2.39. The van der Waals surface area contributed by atoms with E-state index in [1.165, 1.54) is 5.56 Å². The van der Waals surface area contributed by atoms with Crippen LogP contribution in [0.15, 0.2) is 18.2 Å². The summed E-state index contributed by atoms with van der Waals surface area (Å²) in [7, 11) is 3.75. The number of nitrogens with zero attached hydrogens (tertiary/aromatic N) is 1. The highest BCUT2D eigenvalue weighted by atomic mass is 16.5. The summed E-state index contributed by atoms with van der Waals surface area (Å²) in [5.41, 5.74) is 7.35. The summed E-state index contributed by atoms with van der Waals surface area (Å²) in [6.45, 7) is 5.30. The van der Waals surface area contributed by atoms with Gasteiger partial charge in [0.2, 0.25) is 0 Å². The van der Waals surface area contributed by atoms with Gasteiger partial charge in [-0.15, -0.1) is 0 Å². The van der Waals surface area contributed by atoms with Crippen molar-refractivity contribution in [1.82, 2.24) is 4.90 Å². The number of methoxy groups -OCH3 is 1. The lowest BCUT2D eigenvalue weighted by atomic mass is 10.1. The van der Waals surface area contributed by atoms with E-state index in [1.807, 2.05) is 18.2 Å². The largest absolute Gasteiger partial charge is 0.496 e. The lowest BCUT2D eigenvalue weighted by Gasteiger charge is -2.26. The minimum absolute atomic E-state index is 0.0387. The molecule has 0 heterocycles. The fraction of sp³-hybridized carbons (Fsp3) is 0.533. The molecular formula is C15H25N3O. The Bertz CT molecular complexity index is 427. The predicted molar refractivity (Wildman–Crippen MR) is 79.8 cm³/mol. The monoisotopic (exact) mass is 263 g/mol. The number of hydrogen-bond acceptors (Lipinski definition) is 3. The molecule has 0 unspecified atom stereocenters. The van der Waals surface area contributed by atoms with Gasteiger partial charge in [-0.2, -0.15) is 0 Å². The van der Waals surface area contributed by atoms with Crippen molar-refractivity contribution in [3.63, 3.8) is 0 Å². The standard InChI is InChI=1S/C15H25N3O/c1-5-12(6-2)18(3)10-11-7-8-13(15(16)17)14(9-11)19-4/h7-9,12H,5-6,10H2,1-4H3,(H3,16,17). The maximum atomic E-state index is 7.51. The molecular weight excluding hydrogens is 238 g/mol. The third kappa shape index (κ3) is 3.96. The van der Waals surface area contributed by atoms with Gasteiger partial charge in [0.25, 0.3) is 0 Å². The molecule has 4 heteroatoms. The molecule has 0 spiro atoms. The second-order valence-corrected chi connectivity index (χ2v) is 4.83. The zero-order chi connectivity index (χ0) is 14.4. The number of nitrogen functional groups attached to an aromatic ring is 1. The molecule has 0 atom stereocenters. The minimum atomic E-state index is 0.0387. The molecule has 1 aromatic rings. The average Bonchev–Trinajstić information content (AvgIpc) is 2.39. The number of benzene rings is 1. The normalized spacial score (nSPS) is 11.1. The summed E-state index contributed by atoms with van der Waals surface area (Å²) < 4.78 is 5.30. The molecule has 1 aromatic carbocycles. The Labute approximate surface area is 116 Å². The SMILES string of the molecule is CCC(CC)N(C)Cc1ccc(C(=N)N)c(OC)c1. The van der Waals surface area contributed by atoms with E-state index >= 15 is 0 Å². The third-order valence-corrected chi connectivity index (χ3v) is 3.55. The molecule has 0 aliphatic carbocycles. The Balaban J connectivity index is 2.88. The lowest BCUT2D eigenvalue weighted by Crippen LogP contribution is -2.30. The molecule has 1 rings (SSSR count). The predicted octanol–water partition coefficient (Wildman–Crippen LogP) is 2.60. The molecule has 0 aliphatic rings. The second-order valence-electron chi connectivity index (χ2n) is 4.83. The lowest BCUT2D eigenvalue weighted by molar-refractivity contribution is 0.221. The van der Waals surface area contributed by atoms with Crippen LogP contribution in [0.1, 0.15) is 37.8 Å².